The fraction of sp³-hybridized carbons (Fsp3) is 0.333. The van der Waals surface area contributed by atoms with E-state index in [-0.39, 0.29) is 25.1 Å². The molecule has 0 aromatic heterocycles. The third-order valence-corrected chi connectivity index (χ3v) is 2.67. The molecule has 0 heterocycles. The summed E-state index contributed by atoms with van der Waals surface area (Å²) in [6.07, 6.45) is 0.586. The van der Waals surface area contributed by atoms with Gasteiger partial charge >= 0.3 is 0 Å². The van der Waals surface area contributed by atoms with E-state index in [2.05, 4.69) is 31.9 Å². The molecule has 0 saturated heterocycles. The average Bonchev–Trinajstić information content (AvgIpc) is 2.03. The average molecular weight is 345 g/mol. The molecule has 80 valence electrons. The van der Waals surface area contributed by atoms with Crippen molar-refractivity contribution in [1.29, 1.82) is 0 Å². The molecule has 1 aromatic carbocycles. The van der Waals surface area contributed by atoms with Gasteiger partial charge in [0.1, 0.15) is 0 Å². The van der Waals surface area contributed by atoms with Gasteiger partial charge in [-0.05, 0) is 30.2 Å². The van der Waals surface area contributed by atoms with Crippen LogP contribution in [0.2, 0.25) is 0 Å². The van der Waals surface area contributed by atoms with E-state index in [1.807, 2.05) is 18.2 Å². The van der Waals surface area contributed by atoms with Gasteiger partial charge in [0.2, 0.25) is 0 Å². The van der Waals surface area contributed by atoms with Crippen LogP contribution in [0, 0.1) is 0 Å². The van der Waals surface area contributed by atoms with Gasteiger partial charge in [0.15, 0.2) is 0 Å². The van der Waals surface area contributed by atoms with Gasteiger partial charge in [0, 0.05) is 21.6 Å². The molecular formula is C9H12Br2ClNO. The number of hydrogen-bond donors (Lipinski definition) is 2. The number of aliphatic hydroxyl groups is 1. The summed E-state index contributed by atoms with van der Waals surface area (Å²) in [7, 11) is 0. The van der Waals surface area contributed by atoms with E-state index in [0.717, 1.165) is 14.5 Å². The highest BCUT2D eigenvalue weighted by Crippen LogP contribution is 2.24. The predicted octanol–water partition coefficient (Wildman–Crippen LogP) is 3.02. The van der Waals surface area contributed by atoms with Crippen LogP contribution < -0.4 is 5.73 Å². The second-order valence-corrected chi connectivity index (χ2v) is 4.65. The molecule has 0 bridgehead atoms. The molecule has 3 N–H and O–H groups in total. The standard InChI is InChI=1S/C9H11Br2NO.ClH/c10-7-3-6(4-8(11)5-7)9(12)1-2-13;/h3-5,9,13H,1-2,12H2;1H/t9-;/m1./s1. The lowest BCUT2D eigenvalue weighted by Gasteiger charge is -2.11. The van der Waals surface area contributed by atoms with Gasteiger partial charge in [0.05, 0.1) is 0 Å². The van der Waals surface area contributed by atoms with E-state index < -0.39 is 0 Å². The fourth-order valence-corrected chi connectivity index (χ4v) is 2.42. The first-order valence-corrected chi connectivity index (χ1v) is 5.54. The van der Waals surface area contributed by atoms with E-state index in [4.69, 9.17) is 10.8 Å². The van der Waals surface area contributed by atoms with Gasteiger partial charge in [-0.1, -0.05) is 31.9 Å². The van der Waals surface area contributed by atoms with Crippen LogP contribution in [0.15, 0.2) is 27.1 Å². The second kappa shape index (κ2) is 6.80. The number of hydrogen-bond acceptors (Lipinski definition) is 2. The number of nitrogens with two attached hydrogens (primary N) is 1. The lowest BCUT2D eigenvalue weighted by Crippen LogP contribution is -2.11. The van der Waals surface area contributed by atoms with E-state index >= 15 is 0 Å². The third-order valence-electron chi connectivity index (χ3n) is 1.75. The quantitative estimate of drug-likeness (QED) is 0.885. The van der Waals surface area contributed by atoms with Gasteiger partial charge < -0.3 is 10.8 Å². The summed E-state index contributed by atoms with van der Waals surface area (Å²) in [6.45, 7) is 0.116. The van der Waals surface area contributed by atoms with Crippen molar-refractivity contribution in [2.75, 3.05) is 6.61 Å². The van der Waals surface area contributed by atoms with Crippen molar-refractivity contribution < 1.29 is 5.11 Å². The Balaban J connectivity index is 0.00000169. The molecule has 0 fully saturated rings. The SMILES string of the molecule is Cl.N[C@H](CCO)c1cc(Br)cc(Br)c1. The van der Waals surface area contributed by atoms with Crippen molar-refractivity contribution in [2.45, 2.75) is 12.5 Å². The molecule has 1 atom stereocenters. The Morgan fingerprint density at radius 3 is 2.14 bits per heavy atom. The van der Waals surface area contributed by atoms with Gasteiger partial charge in [-0.3, -0.25) is 0 Å². The summed E-state index contributed by atoms with van der Waals surface area (Å²) >= 11 is 6.77. The molecular weight excluding hydrogens is 333 g/mol. The first kappa shape index (κ1) is 14.4. The summed E-state index contributed by atoms with van der Waals surface area (Å²) in [5.74, 6) is 0. The van der Waals surface area contributed by atoms with E-state index in [0.29, 0.717) is 6.42 Å². The Morgan fingerprint density at radius 1 is 1.21 bits per heavy atom. The van der Waals surface area contributed by atoms with Crippen molar-refractivity contribution in [3.8, 4) is 0 Å². The molecule has 0 aliphatic carbocycles. The van der Waals surface area contributed by atoms with Crippen molar-refractivity contribution >= 4 is 44.3 Å². The molecule has 0 amide bonds. The summed E-state index contributed by atoms with van der Waals surface area (Å²) in [5.41, 5.74) is 6.87. The van der Waals surface area contributed by atoms with Crippen LogP contribution in [0.4, 0.5) is 0 Å². The van der Waals surface area contributed by atoms with Crippen molar-refractivity contribution in [3.63, 3.8) is 0 Å². The highest BCUT2D eigenvalue weighted by Gasteiger charge is 2.06. The molecule has 1 rings (SSSR count). The molecule has 0 radical (unpaired) electrons. The van der Waals surface area contributed by atoms with Crippen molar-refractivity contribution in [3.05, 3.63) is 32.7 Å². The number of aliphatic hydroxyl groups excluding tert-OH is 1. The molecule has 2 nitrogen and oxygen atoms in total. The maximum absolute atomic E-state index is 8.73. The highest BCUT2D eigenvalue weighted by molar-refractivity contribution is 9.11. The second-order valence-electron chi connectivity index (χ2n) is 2.82. The molecule has 14 heavy (non-hydrogen) atoms. The van der Waals surface area contributed by atoms with E-state index in [1.54, 1.807) is 0 Å². The summed E-state index contributed by atoms with van der Waals surface area (Å²) < 4.78 is 1.98. The lowest BCUT2D eigenvalue weighted by molar-refractivity contribution is 0.276. The van der Waals surface area contributed by atoms with Gasteiger partial charge in [-0.2, -0.15) is 0 Å². The van der Waals surface area contributed by atoms with Crippen LogP contribution in [0.3, 0.4) is 0 Å². The van der Waals surface area contributed by atoms with E-state index in [9.17, 15) is 0 Å². The summed E-state index contributed by atoms with van der Waals surface area (Å²) in [5, 5.41) is 8.73. The Bertz CT molecular complexity index is 276. The zero-order valence-corrected chi connectivity index (χ0v) is 11.4. The molecule has 1 aromatic rings. The molecule has 0 saturated carbocycles. The molecule has 0 aliphatic heterocycles. The minimum atomic E-state index is -0.0983. The van der Waals surface area contributed by atoms with Crippen LogP contribution in [0.5, 0.6) is 0 Å². The Kier molecular flexibility index (Phi) is 6.99. The minimum Gasteiger partial charge on any atom is -0.396 e. The van der Waals surface area contributed by atoms with Crippen LogP contribution in [0.1, 0.15) is 18.0 Å². The fourth-order valence-electron chi connectivity index (χ4n) is 1.09. The first-order valence-electron chi connectivity index (χ1n) is 3.96. The minimum absolute atomic E-state index is 0. The Labute approximate surface area is 107 Å². The van der Waals surface area contributed by atoms with E-state index in [1.165, 1.54) is 0 Å². The highest BCUT2D eigenvalue weighted by atomic mass is 79.9. The maximum Gasteiger partial charge on any atom is 0.0449 e. The van der Waals surface area contributed by atoms with Crippen molar-refractivity contribution in [1.82, 2.24) is 0 Å². The molecule has 0 unspecified atom stereocenters. The number of rotatable bonds is 3. The van der Waals surface area contributed by atoms with Gasteiger partial charge in [0.25, 0.3) is 0 Å². The zero-order valence-electron chi connectivity index (χ0n) is 7.41. The predicted molar refractivity (Wildman–Crippen MR) is 67.7 cm³/mol. The normalized spacial score (nSPS) is 12.0. The lowest BCUT2D eigenvalue weighted by atomic mass is 10.1. The first-order chi connectivity index (χ1) is 6.13. The Hall–Kier alpha value is 0.390. The zero-order chi connectivity index (χ0) is 9.84. The number of halogens is 3. The molecule has 5 heteroatoms. The van der Waals surface area contributed by atoms with Crippen LogP contribution in [-0.2, 0) is 0 Å². The van der Waals surface area contributed by atoms with Gasteiger partial charge in [-0.25, -0.2) is 0 Å². The molecule has 0 spiro atoms. The summed E-state index contributed by atoms with van der Waals surface area (Å²) in [4.78, 5) is 0. The van der Waals surface area contributed by atoms with Crippen LogP contribution in [0.25, 0.3) is 0 Å². The molecule has 0 aliphatic rings. The monoisotopic (exact) mass is 343 g/mol. The summed E-state index contributed by atoms with van der Waals surface area (Å²) in [6, 6.07) is 5.78. The topological polar surface area (TPSA) is 46.2 Å². The smallest absolute Gasteiger partial charge is 0.0449 e. The number of benzene rings is 1. The Morgan fingerprint density at radius 2 is 1.71 bits per heavy atom. The van der Waals surface area contributed by atoms with Gasteiger partial charge in [-0.15, -0.1) is 12.4 Å². The van der Waals surface area contributed by atoms with Crippen molar-refractivity contribution in [2.24, 2.45) is 5.73 Å². The largest absolute Gasteiger partial charge is 0.396 e. The maximum atomic E-state index is 8.73. The van der Waals surface area contributed by atoms with Crippen LogP contribution >= 0.6 is 44.3 Å². The van der Waals surface area contributed by atoms with Crippen LogP contribution in [-0.4, -0.2) is 11.7 Å². The third kappa shape index (κ3) is 4.28.